The van der Waals surface area contributed by atoms with E-state index >= 15 is 0 Å². The Balaban J connectivity index is 3.23. The highest BCUT2D eigenvalue weighted by Gasteiger charge is 1.98. The summed E-state index contributed by atoms with van der Waals surface area (Å²) >= 11 is 0. The van der Waals surface area contributed by atoms with Crippen LogP contribution in [-0.4, -0.2) is 38.1 Å². The molecule has 14 heavy (non-hydrogen) atoms. The van der Waals surface area contributed by atoms with E-state index in [1.807, 2.05) is 0 Å². The molecule has 84 valence electrons. The minimum atomic E-state index is 0.753. The Kier molecular flexibility index (Phi) is 7.81. The van der Waals surface area contributed by atoms with E-state index in [4.69, 9.17) is 0 Å². The van der Waals surface area contributed by atoms with E-state index in [0.717, 1.165) is 32.1 Å². The topological polar surface area (TPSA) is 15.3 Å². The van der Waals surface area contributed by atoms with Gasteiger partial charge in [0, 0.05) is 6.54 Å². The second-order valence-corrected chi connectivity index (χ2v) is 4.65. The van der Waals surface area contributed by atoms with E-state index in [1.165, 1.54) is 12.0 Å². The van der Waals surface area contributed by atoms with Crippen molar-refractivity contribution in [2.45, 2.75) is 27.2 Å². The number of likely N-dealkylation sites (N-methyl/N-ethyl adjacent to an activating group) is 1. The number of nitrogens with zero attached hydrogens (tertiary/aromatic N) is 1. The number of nitrogens with one attached hydrogen (secondary N) is 1. The second kappa shape index (κ2) is 8.01. The molecule has 1 N–H and O–H groups in total. The molecule has 0 atom stereocenters. The van der Waals surface area contributed by atoms with Crippen LogP contribution in [0, 0.1) is 5.92 Å². The van der Waals surface area contributed by atoms with Crippen molar-refractivity contribution in [1.29, 1.82) is 0 Å². The Labute approximate surface area is 89.4 Å². The Morgan fingerprint density at radius 2 is 2.07 bits per heavy atom. The van der Waals surface area contributed by atoms with Gasteiger partial charge < -0.3 is 10.2 Å². The maximum absolute atomic E-state index is 3.91. The van der Waals surface area contributed by atoms with Gasteiger partial charge >= 0.3 is 0 Å². The van der Waals surface area contributed by atoms with Crippen molar-refractivity contribution in [3.8, 4) is 0 Å². The van der Waals surface area contributed by atoms with E-state index in [-0.39, 0.29) is 0 Å². The molecule has 2 nitrogen and oxygen atoms in total. The van der Waals surface area contributed by atoms with Crippen molar-refractivity contribution in [2.24, 2.45) is 5.92 Å². The molecule has 0 aromatic heterocycles. The van der Waals surface area contributed by atoms with Crippen LogP contribution in [0.3, 0.4) is 0 Å². The van der Waals surface area contributed by atoms with Crippen LogP contribution in [0.4, 0.5) is 0 Å². The SMILES string of the molecule is C=C(C)CN(C)CCCNCC(C)C. The minimum absolute atomic E-state index is 0.753. The van der Waals surface area contributed by atoms with Gasteiger partial charge in [0.15, 0.2) is 0 Å². The molecule has 0 bridgehead atoms. The van der Waals surface area contributed by atoms with Gasteiger partial charge in [-0.3, -0.25) is 0 Å². The molecule has 0 spiro atoms. The molecule has 0 fully saturated rings. The zero-order valence-electron chi connectivity index (χ0n) is 10.3. The first-order valence-electron chi connectivity index (χ1n) is 5.56. The van der Waals surface area contributed by atoms with Gasteiger partial charge in [0.25, 0.3) is 0 Å². The zero-order chi connectivity index (χ0) is 11.0. The summed E-state index contributed by atoms with van der Waals surface area (Å²) in [7, 11) is 2.15. The lowest BCUT2D eigenvalue weighted by Gasteiger charge is -2.16. The molecule has 0 aromatic carbocycles. The predicted molar refractivity (Wildman–Crippen MR) is 64.6 cm³/mol. The quantitative estimate of drug-likeness (QED) is 0.475. The van der Waals surface area contributed by atoms with Crippen LogP contribution in [0.2, 0.25) is 0 Å². The Morgan fingerprint density at radius 3 is 2.57 bits per heavy atom. The van der Waals surface area contributed by atoms with Crippen molar-refractivity contribution in [3.63, 3.8) is 0 Å². The standard InChI is InChI=1S/C12H26N2/c1-11(2)9-13-7-6-8-14(5)10-12(3)4/h11,13H,3,6-10H2,1-2,4-5H3. The smallest absolute Gasteiger partial charge is 0.0184 e. The molecule has 2 heteroatoms. The lowest BCUT2D eigenvalue weighted by molar-refractivity contribution is 0.351. The van der Waals surface area contributed by atoms with Gasteiger partial charge in [-0.2, -0.15) is 0 Å². The maximum atomic E-state index is 3.91. The number of rotatable bonds is 8. The molecule has 0 aliphatic carbocycles. The van der Waals surface area contributed by atoms with Gasteiger partial charge in [-0.05, 0) is 45.9 Å². The third-order valence-corrected chi connectivity index (χ3v) is 1.99. The lowest BCUT2D eigenvalue weighted by atomic mass is 10.2. The van der Waals surface area contributed by atoms with Crippen LogP contribution >= 0.6 is 0 Å². The Hall–Kier alpha value is -0.340. The van der Waals surface area contributed by atoms with Crippen molar-refractivity contribution < 1.29 is 0 Å². The molecule has 0 aliphatic heterocycles. The Bertz CT molecular complexity index is 152. The molecule has 0 aromatic rings. The molecule has 0 rings (SSSR count). The number of hydrogen-bond acceptors (Lipinski definition) is 2. The van der Waals surface area contributed by atoms with Gasteiger partial charge in [-0.25, -0.2) is 0 Å². The summed E-state index contributed by atoms with van der Waals surface area (Å²) in [6.07, 6.45) is 1.22. The summed E-state index contributed by atoms with van der Waals surface area (Å²) in [5, 5.41) is 3.44. The molecule has 0 aliphatic rings. The summed E-state index contributed by atoms with van der Waals surface area (Å²) in [5.74, 6) is 0.753. The summed E-state index contributed by atoms with van der Waals surface area (Å²) < 4.78 is 0. The van der Waals surface area contributed by atoms with Crippen LogP contribution < -0.4 is 5.32 Å². The van der Waals surface area contributed by atoms with Gasteiger partial charge in [-0.1, -0.05) is 26.0 Å². The fourth-order valence-electron chi connectivity index (χ4n) is 1.40. The highest BCUT2D eigenvalue weighted by atomic mass is 15.1. The summed E-state index contributed by atoms with van der Waals surface area (Å²) in [5.41, 5.74) is 1.24. The fraction of sp³-hybridized carbons (Fsp3) is 0.833. The lowest BCUT2D eigenvalue weighted by Crippen LogP contribution is -2.26. The predicted octanol–water partition coefficient (Wildman–Crippen LogP) is 2.13. The Morgan fingerprint density at radius 1 is 1.43 bits per heavy atom. The molecular weight excluding hydrogens is 172 g/mol. The van der Waals surface area contributed by atoms with Crippen LogP contribution in [0.15, 0.2) is 12.2 Å². The van der Waals surface area contributed by atoms with Crippen LogP contribution in [0.5, 0.6) is 0 Å². The molecule has 0 saturated carbocycles. The summed E-state index contributed by atoms with van der Waals surface area (Å²) in [6, 6.07) is 0. The first-order valence-corrected chi connectivity index (χ1v) is 5.56. The highest BCUT2D eigenvalue weighted by molar-refractivity contribution is 4.90. The molecule has 0 amide bonds. The molecular formula is C12H26N2. The monoisotopic (exact) mass is 198 g/mol. The zero-order valence-corrected chi connectivity index (χ0v) is 10.3. The average Bonchev–Trinajstić information content (AvgIpc) is 2.01. The van der Waals surface area contributed by atoms with Crippen LogP contribution in [0.25, 0.3) is 0 Å². The third-order valence-electron chi connectivity index (χ3n) is 1.99. The third kappa shape index (κ3) is 9.75. The second-order valence-electron chi connectivity index (χ2n) is 4.65. The molecule has 0 heterocycles. The van der Waals surface area contributed by atoms with Gasteiger partial charge in [0.1, 0.15) is 0 Å². The largest absolute Gasteiger partial charge is 0.316 e. The average molecular weight is 198 g/mol. The van der Waals surface area contributed by atoms with Gasteiger partial charge in [0.05, 0.1) is 0 Å². The molecule has 0 saturated heterocycles. The van der Waals surface area contributed by atoms with E-state index in [9.17, 15) is 0 Å². The normalized spacial score (nSPS) is 11.3. The minimum Gasteiger partial charge on any atom is -0.316 e. The van der Waals surface area contributed by atoms with Crippen LogP contribution in [0.1, 0.15) is 27.2 Å². The van der Waals surface area contributed by atoms with E-state index < -0.39 is 0 Å². The highest BCUT2D eigenvalue weighted by Crippen LogP contribution is 1.93. The van der Waals surface area contributed by atoms with Gasteiger partial charge in [-0.15, -0.1) is 0 Å². The fourth-order valence-corrected chi connectivity index (χ4v) is 1.40. The van der Waals surface area contributed by atoms with Crippen molar-refractivity contribution in [2.75, 3.05) is 33.2 Å². The van der Waals surface area contributed by atoms with Crippen LogP contribution in [-0.2, 0) is 0 Å². The summed E-state index contributed by atoms with van der Waals surface area (Å²) in [4.78, 5) is 2.32. The van der Waals surface area contributed by atoms with Crippen molar-refractivity contribution in [3.05, 3.63) is 12.2 Å². The van der Waals surface area contributed by atoms with E-state index in [1.54, 1.807) is 0 Å². The first kappa shape index (κ1) is 13.7. The molecule has 0 unspecified atom stereocenters. The van der Waals surface area contributed by atoms with E-state index in [0.29, 0.717) is 0 Å². The van der Waals surface area contributed by atoms with Crippen molar-refractivity contribution >= 4 is 0 Å². The van der Waals surface area contributed by atoms with E-state index in [2.05, 4.69) is 44.6 Å². The maximum Gasteiger partial charge on any atom is 0.0184 e. The number of hydrogen-bond donors (Lipinski definition) is 1. The molecule has 0 radical (unpaired) electrons. The summed E-state index contributed by atoms with van der Waals surface area (Å²) in [6.45, 7) is 14.9. The van der Waals surface area contributed by atoms with Crippen molar-refractivity contribution in [1.82, 2.24) is 10.2 Å². The first-order chi connectivity index (χ1) is 6.52. The van der Waals surface area contributed by atoms with Gasteiger partial charge in [0.2, 0.25) is 0 Å².